The lowest BCUT2D eigenvalue weighted by Gasteiger charge is -2.35. The number of hydrogen-bond acceptors (Lipinski definition) is 3. The summed E-state index contributed by atoms with van der Waals surface area (Å²) < 4.78 is 1.88. The van der Waals surface area contributed by atoms with Gasteiger partial charge in [-0.2, -0.15) is 5.10 Å². The third kappa shape index (κ3) is 4.11. The fraction of sp³-hybridized carbons (Fsp3) is 0.345. The van der Waals surface area contributed by atoms with Crippen molar-refractivity contribution in [1.82, 2.24) is 19.7 Å². The molecule has 0 radical (unpaired) electrons. The van der Waals surface area contributed by atoms with Crippen LogP contribution in [0.2, 0.25) is 0 Å². The smallest absolute Gasteiger partial charge is 0.254 e. The molecule has 34 heavy (non-hydrogen) atoms. The van der Waals surface area contributed by atoms with Crippen LogP contribution in [-0.2, 0) is 0 Å². The van der Waals surface area contributed by atoms with E-state index in [0.717, 1.165) is 58.7 Å². The highest BCUT2D eigenvalue weighted by Crippen LogP contribution is 2.31. The van der Waals surface area contributed by atoms with Crippen LogP contribution in [0, 0.1) is 32.6 Å². The van der Waals surface area contributed by atoms with E-state index in [0.29, 0.717) is 17.4 Å². The molecule has 1 saturated heterocycles. The van der Waals surface area contributed by atoms with Gasteiger partial charge in [0.1, 0.15) is 0 Å². The predicted molar refractivity (Wildman–Crippen MR) is 137 cm³/mol. The van der Waals surface area contributed by atoms with Crippen LogP contribution in [0.1, 0.15) is 47.4 Å². The van der Waals surface area contributed by atoms with Gasteiger partial charge in [-0.1, -0.05) is 55.8 Å². The lowest BCUT2D eigenvalue weighted by molar-refractivity contribution is 0.0625. The molecular formula is C29H32N4O. The lowest BCUT2D eigenvalue weighted by Crippen LogP contribution is -2.42. The van der Waals surface area contributed by atoms with Crippen molar-refractivity contribution in [3.8, 4) is 16.9 Å². The summed E-state index contributed by atoms with van der Waals surface area (Å²) in [6.07, 6.45) is 1.16. The highest BCUT2D eigenvalue weighted by atomic mass is 16.2. The fourth-order valence-electron chi connectivity index (χ4n) is 5.27. The van der Waals surface area contributed by atoms with Crippen molar-refractivity contribution >= 4 is 16.9 Å². The van der Waals surface area contributed by atoms with Crippen molar-refractivity contribution in [2.24, 2.45) is 11.8 Å². The van der Waals surface area contributed by atoms with Crippen LogP contribution in [0.15, 0.2) is 54.6 Å². The van der Waals surface area contributed by atoms with E-state index in [1.165, 1.54) is 5.56 Å². The maximum Gasteiger partial charge on any atom is 0.254 e. The summed E-state index contributed by atoms with van der Waals surface area (Å²) in [5.74, 6) is 1.07. The van der Waals surface area contributed by atoms with Crippen molar-refractivity contribution in [2.45, 2.75) is 41.0 Å². The molecule has 5 rings (SSSR count). The van der Waals surface area contributed by atoms with Gasteiger partial charge in [-0.05, 0) is 62.8 Å². The minimum Gasteiger partial charge on any atom is -0.338 e. The van der Waals surface area contributed by atoms with E-state index in [9.17, 15) is 4.79 Å². The lowest BCUT2D eigenvalue weighted by atomic mass is 9.91. The minimum atomic E-state index is 0.0750. The van der Waals surface area contributed by atoms with E-state index < -0.39 is 0 Å². The second kappa shape index (κ2) is 8.71. The first-order chi connectivity index (χ1) is 16.3. The SMILES string of the molecule is Cc1ccc(-c2cc(C(=O)N3C[C@H](C)C[C@@H](C)C3)c3c(C)nn(-c4cccc(C)c4)c3n2)cc1. The zero-order valence-electron chi connectivity index (χ0n) is 20.7. The van der Waals surface area contributed by atoms with E-state index in [2.05, 4.69) is 64.1 Å². The number of likely N-dealkylation sites (tertiary alicyclic amines) is 1. The van der Waals surface area contributed by atoms with Gasteiger partial charge in [0.25, 0.3) is 5.91 Å². The van der Waals surface area contributed by atoms with Gasteiger partial charge in [0.15, 0.2) is 5.65 Å². The van der Waals surface area contributed by atoms with Crippen molar-refractivity contribution in [1.29, 1.82) is 0 Å². The molecule has 1 amide bonds. The van der Waals surface area contributed by atoms with Gasteiger partial charge in [-0.15, -0.1) is 0 Å². The number of nitrogens with zero attached hydrogens (tertiary/aromatic N) is 4. The molecule has 2 atom stereocenters. The summed E-state index contributed by atoms with van der Waals surface area (Å²) in [4.78, 5) is 21.0. The van der Waals surface area contributed by atoms with Gasteiger partial charge in [-0.25, -0.2) is 9.67 Å². The Morgan fingerprint density at radius 3 is 2.29 bits per heavy atom. The van der Waals surface area contributed by atoms with Crippen LogP contribution in [0.4, 0.5) is 0 Å². The van der Waals surface area contributed by atoms with E-state index in [1.807, 2.05) is 34.7 Å². The zero-order valence-corrected chi connectivity index (χ0v) is 20.7. The van der Waals surface area contributed by atoms with Crippen LogP contribution in [0.3, 0.4) is 0 Å². The summed E-state index contributed by atoms with van der Waals surface area (Å²) >= 11 is 0. The van der Waals surface area contributed by atoms with Crippen LogP contribution in [0.25, 0.3) is 28.0 Å². The van der Waals surface area contributed by atoms with Gasteiger partial charge >= 0.3 is 0 Å². The third-order valence-electron chi connectivity index (χ3n) is 6.79. The normalized spacial score (nSPS) is 18.4. The molecule has 5 heteroatoms. The molecular weight excluding hydrogens is 420 g/mol. The molecule has 5 nitrogen and oxygen atoms in total. The molecule has 0 spiro atoms. The maximum absolute atomic E-state index is 14.0. The molecule has 0 N–H and O–H groups in total. The van der Waals surface area contributed by atoms with Crippen molar-refractivity contribution in [3.63, 3.8) is 0 Å². The number of rotatable bonds is 3. The van der Waals surface area contributed by atoms with Gasteiger partial charge in [0.2, 0.25) is 0 Å². The Balaban J connectivity index is 1.73. The molecule has 174 valence electrons. The number of pyridine rings is 1. The average molecular weight is 453 g/mol. The average Bonchev–Trinajstić information content (AvgIpc) is 3.14. The Hall–Kier alpha value is -3.47. The first kappa shape index (κ1) is 22.3. The first-order valence-corrected chi connectivity index (χ1v) is 12.1. The molecule has 0 aliphatic carbocycles. The van der Waals surface area contributed by atoms with E-state index in [1.54, 1.807) is 0 Å². The first-order valence-electron chi connectivity index (χ1n) is 12.1. The predicted octanol–water partition coefficient (Wildman–Crippen LogP) is 6.13. The highest BCUT2D eigenvalue weighted by Gasteiger charge is 2.29. The Labute approximate surface area is 201 Å². The zero-order chi connectivity index (χ0) is 24.0. The van der Waals surface area contributed by atoms with E-state index >= 15 is 0 Å². The van der Waals surface area contributed by atoms with Gasteiger partial charge in [-0.3, -0.25) is 4.79 Å². The number of benzene rings is 2. The van der Waals surface area contributed by atoms with Crippen molar-refractivity contribution < 1.29 is 4.79 Å². The standard InChI is InChI=1S/C29H32N4O/c1-18-9-11-23(12-10-18)26-15-25(29(34)32-16-20(3)13-21(4)17-32)27-22(5)31-33(28(27)30-26)24-8-6-7-19(2)14-24/h6-12,14-15,20-21H,13,16-17H2,1-5H3/t20-,21-/m1/s1. The number of aromatic nitrogens is 3. The second-order valence-electron chi connectivity index (χ2n) is 10.1. The summed E-state index contributed by atoms with van der Waals surface area (Å²) in [6.45, 7) is 12.2. The molecule has 1 fully saturated rings. The molecule has 1 aliphatic heterocycles. The Morgan fingerprint density at radius 2 is 1.62 bits per heavy atom. The Bertz CT molecular complexity index is 1360. The second-order valence-corrected chi connectivity index (χ2v) is 10.1. The van der Waals surface area contributed by atoms with Gasteiger partial charge in [0.05, 0.1) is 28.0 Å². The number of fused-ring (bicyclic) bond motifs is 1. The Kier molecular flexibility index (Phi) is 5.72. The maximum atomic E-state index is 14.0. The van der Waals surface area contributed by atoms with Gasteiger partial charge in [0, 0.05) is 18.7 Å². The fourth-order valence-corrected chi connectivity index (χ4v) is 5.27. The Morgan fingerprint density at radius 1 is 0.912 bits per heavy atom. The monoisotopic (exact) mass is 452 g/mol. The molecule has 0 unspecified atom stereocenters. The summed E-state index contributed by atoms with van der Waals surface area (Å²) in [5, 5.41) is 5.69. The molecule has 2 aromatic carbocycles. The van der Waals surface area contributed by atoms with Crippen LogP contribution in [-0.4, -0.2) is 38.7 Å². The number of hydrogen-bond donors (Lipinski definition) is 0. The van der Waals surface area contributed by atoms with Crippen LogP contribution < -0.4 is 0 Å². The molecule has 0 saturated carbocycles. The van der Waals surface area contributed by atoms with E-state index in [4.69, 9.17) is 10.1 Å². The topological polar surface area (TPSA) is 51.0 Å². The quantitative estimate of drug-likeness (QED) is 0.376. The molecule has 3 heterocycles. The number of amides is 1. The number of carbonyl (C=O) groups excluding carboxylic acids is 1. The molecule has 1 aliphatic rings. The third-order valence-corrected chi connectivity index (χ3v) is 6.79. The number of carbonyl (C=O) groups is 1. The molecule has 2 aromatic heterocycles. The molecule has 0 bridgehead atoms. The van der Waals surface area contributed by atoms with Crippen LogP contribution in [0.5, 0.6) is 0 Å². The summed E-state index contributed by atoms with van der Waals surface area (Å²) in [5.41, 5.74) is 7.32. The number of piperidine rings is 1. The van der Waals surface area contributed by atoms with Crippen molar-refractivity contribution in [3.05, 3.63) is 77.0 Å². The number of aryl methyl sites for hydroxylation is 3. The highest BCUT2D eigenvalue weighted by molar-refractivity contribution is 6.07. The summed E-state index contributed by atoms with van der Waals surface area (Å²) in [7, 11) is 0. The summed E-state index contributed by atoms with van der Waals surface area (Å²) in [6, 6.07) is 18.5. The van der Waals surface area contributed by atoms with E-state index in [-0.39, 0.29) is 5.91 Å². The largest absolute Gasteiger partial charge is 0.338 e. The minimum absolute atomic E-state index is 0.0750. The van der Waals surface area contributed by atoms with Crippen LogP contribution >= 0.6 is 0 Å². The molecule has 4 aromatic rings. The van der Waals surface area contributed by atoms with Gasteiger partial charge < -0.3 is 4.90 Å². The van der Waals surface area contributed by atoms with Crippen molar-refractivity contribution in [2.75, 3.05) is 13.1 Å².